The topological polar surface area (TPSA) is 69.4 Å². The molecule has 1 N–H and O–H groups in total. The van der Waals surface area contributed by atoms with E-state index in [-0.39, 0.29) is 18.8 Å². The number of aliphatic hydroxyl groups is 1. The van der Waals surface area contributed by atoms with Gasteiger partial charge in [0, 0.05) is 12.1 Å². The number of aromatic nitrogens is 3. The Bertz CT molecular complexity index is 623. The summed E-state index contributed by atoms with van der Waals surface area (Å²) in [7, 11) is 0. The van der Waals surface area contributed by atoms with Gasteiger partial charge in [0.25, 0.3) is 0 Å². The highest BCUT2D eigenvalue weighted by Crippen LogP contribution is 2.21. The summed E-state index contributed by atoms with van der Waals surface area (Å²) in [5.41, 5.74) is 1.98. The Hall–Kier alpha value is -1.47. The van der Waals surface area contributed by atoms with Gasteiger partial charge in [0.2, 0.25) is 0 Å². The van der Waals surface area contributed by atoms with Crippen molar-refractivity contribution < 1.29 is 14.6 Å². The Morgan fingerprint density at radius 3 is 2.96 bits per heavy atom. The number of hydrogen-bond donors (Lipinski definition) is 1. The summed E-state index contributed by atoms with van der Waals surface area (Å²) in [6, 6.07) is 9.90. The van der Waals surface area contributed by atoms with Gasteiger partial charge in [-0.25, -0.2) is 4.68 Å². The van der Waals surface area contributed by atoms with Crippen LogP contribution in [-0.4, -0.2) is 50.9 Å². The van der Waals surface area contributed by atoms with Crippen molar-refractivity contribution in [2.75, 3.05) is 12.5 Å². The van der Waals surface area contributed by atoms with Crippen LogP contribution in [0.2, 0.25) is 0 Å². The molecule has 1 aromatic carbocycles. The molecule has 1 aliphatic heterocycles. The Kier molecular flexibility index (Phi) is 6.20. The fraction of sp³-hybridized carbons (Fsp3) is 0.529. The van der Waals surface area contributed by atoms with E-state index in [4.69, 9.17) is 21.1 Å². The average molecular weight is 352 g/mol. The van der Waals surface area contributed by atoms with E-state index in [1.807, 2.05) is 36.5 Å². The molecule has 1 fully saturated rings. The monoisotopic (exact) mass is 351 g/mol. The van der Waals surface area contributed by atoms with E-state index in [1.165, 1.54) is 0 Å². The number of benzene rings is 1. The van der Waals surface area contributed by atoms with Crippen molar-refractivity contribution in [1.82, 2.24) is 15.0 Å². The first-order chi connectivity index (χ1) is 11.8. The van der Waals surface area contributed by atoms with Crippen LogP contribution in [0.15, 0.2) is 36.5 Å². The number of alkyl halides is 1. The van der Waals surface area contributed by atoms with Crippen molar-refractivity contribution in [3.63, 3.8) is 0 Å². The highest BCUT2D eigenvalue weighted by Gasteiger charge is 2.37. The molecular weight excluding hydrogens is 330 g/mol. The first-order valence-electron chi connectivity index (χ1n) is 8.16. The number of halogens is 1. The van der Waals surface area contributed by atoms with Gasteiger partial charge < -0.3 is 14.6 Å². The zero-order valence-corrected chi connectivity index (χ0v) is 14.2. The number of aryl methyl sites for hydroxylation is 1. The molecule has 0 unspecified atom stereocenters. The van der Waals surface area contributed by atoms with Crippen LogP contribution in [0.25, 0.3) is 0 Å². The lowest BCUT2D eigenvalue weighted by Gasteiger charge is -2.20. The largest absolute Gasteiger partial charge is 0.388 e. The van der Waals surface area contributed by atoms with Crippen LogP contribution in [0.3, 0.4) is 0 Å². The molecule has 0 aliphatic carbocycles. The zero-order valence-electron chi connectivity index (χ0n) is 13.4. The Balaban J connectivity index is 1.56. The molecule has 0 amide bonds. The van der Waals surface area contributed by atoms with Crippen molar-refractivity contribution in [1.29, 1.82) is 0 Å². The standard InChI is InChI=1S/C17H22ClN3O3/c18-8-4-7-14-9-21(20-19-14)10-16-17(15(22)12-23-16)24-11-13-5-2-1-3-6-13/h1-3,5-6,9,15-17,22H,4,7-8,10-12H2/t15-,16+,17-/m0/s1. The van der Waals surface area contributed by atoms with E-state index in [0.717, 1.165) is 24.1 Å². The fourth-order valence-electron chi connectivity index (χ4n) is 2.78. The van der Waals surface area contributed by atoms with Gasteiger partial charge in [-0.2, -0.15) is 0 Å². The summed E-state index contributed by atoms with van der Waals surface area (Å²) in [6.45, 7) is 1.23. The van der Waals surface area contributed by atoms with Gasteiger partial charge in [0.05, 0.1) is 25.5 Å². The summed E-state index contributed by atoms with van der Waals surface area (Å²) in [6.07, 6.45) is 2.34. The molecule has 1 aliphatic rings. The minimum absolute atomic E-state index is 0.244. The van der Waals surface area contributed by atoms with Crippen molar-refractivity contribution >= 4 is 11.6 Å². The van der Waals surface area contributed by atoms with Crippen LogP contribution in [0, 0.1) is 0 Å². The van der Waals surface area contributed by atoms with Crippen molar-refractivity contribution in [2.45, 2.75) is 44.3 Å². The van der Waals surface area contributed by atoms with E-state index in [1.54, 1.807) is 4.68 Å². The molecule has 7 heteroatoms. The fourth-order valence-corrected chi connectivity index (χ4v) is 2.91. The maximum absolute atomic E-state index is 10.1. The number of hydrogen-bond acceptors (Lipinski definition) is 5. The Morgan fingerprint density at radius 2 is 2.17 bits per heavy atom. The molecule has 2 heterocycles. The van der Waals surface area contributed by atoms with Crippen molar-refractivity contribution in [2.24, 2.45) is 0 Å². The Morgan fingerprint density at radius 1 is 1.33 bits per heavy atom. The van der Waals surface area contributed by atoms with Crippen molar-refractivity contribution in [3.05, 3.63) is 47.8 Å². The third-order valence-corrected chi connectivity index (χ3v) is 4.30. The minimum atomic E-state index is -0.627. The van der Waals surface area contributed by atoms with Gasteiger partial charge in [-0.1, -0.05) is 35.5 Å². The molecule has 3 rings (SSSR count). The zero-order chi connectivity index (χ0) is 16.8. The molecule has 130 valence electrons. The molecule has 0 saturated carbocycles. The summed E-state index contributed by atoms with van der Waals surface area (Å²) >= 11 is 5.70. The Labute approximate surface area is 146 Å². The lowest BCUT2D eigenvalue weighted by Crippen LogP contribution is -2.35. The van der Waals surface area contributed by atoms with E-state index in [0.29, 0.717) is 19.0 Å². The average Bonchev–Trinajstić information content (AvgIpc) is 3.19. The molecular formula is C17H22ClN3O3. The van der Waals surface area contributed by atoms with Gasteiger partial charge in [0.15, 0.2) is 0 Å². The van der Waals surface area contributed by atoms with Crippen LogP contribution in [0.5, 0.6) is 0 Å². The molecule has 2 aromatic rings. The highest BCUT2D eigenvalue weighted by molar-refractivity contribution is 6.17. The summed E-state index contributed by atoms with van der Waals surface area (Å²) in [5.74, 6) is 0.611. The van der Waals surface area contributed by atoms with Crippen LogP contribution in [0.4, 0.5) is 0 Å². The van der Waals surface area contributed by atoms with E-state index >= 15 is 0 Å². The van der Waals surface area contributed by atoms with Crippen LogP contribution in [0.1, 0.15) is 17.7 Å². The molecule has 1 aromatic heterocycles. The molecule has 6 nitrogen and oxygen atoms in total. The predicted octanol–water partition coefficient (Wildman–Crippen LogP) is 1.79. The van der Waals surface area contributed by atoms with Gasteiger partial charge in [-0.3, -0.25) is 0 Å². The summed E-state index contributed by atoms with van der Waals surface area (Å²) < 4.78 is 13.3. The summed E-state index contributed by atoms with van der Waals surface area (Å²) in [4.78, 5) is 0. The minimum Gasteiger partial charge on any atom is -0.388 e. The van der Waals surface area contributed by atoms with Gasteiger partial charge in [0.1, 0.15) is 18.3 Å². The molecule has 3 atom stereocenters. The first kappa shape index (κ1) is 17.4. The number of ether oxygens (including phenoxy) is 2. The second-order valence-corrected chi connectivity index (χ2v) is 6.30. The van der Waals surface area contributed by atoms with E-state index < -0.39 is 6.10 Å². The van der Waals surface area contributed by atoms with Gasteiger partial charge in [-0.15, -0.1) is 16.7 Å². The first-order valence-corrected chi connectivity index (χ1v) is 8.70. The number of rotatable bonds is 8. The second kappa shape index (κ2) is 8.58. The molecule has 0 spiro atoms. The van der Waals surface area contributed by atoms with Crippen LogP contribution >= 0.6 is 11.6 Å². The molecule has 24 heavy (non-hydrogen) atoms. The number of aliphatic hydroxyl groups excluding tert-OH is 1. The lowest BCUT2D eigenvalue weighted by atomic mass is 10.1. The van der Waals surface area contributed by atoms with Gasteiger partial charge in [-0.05, 0) is 18.4 Å². The third-order valence-electron chi connectivity index (χ3n) is 4.03. The van der Waals surface area contributed by atoms with Crippen LogP contribution < -0.4 is 0 Å². The molecule has 0 bridgehead atoms. The third kappa shape index (κ3) is 4.54. The summed E-state index contributed by atoms with van der Waals surface area (Å²) in [5, 5.41) is 18.4. The number of nitrogens with zero attached hydrogens (tertiary/aromatic N) is 3. The highest BCUT2D eigenvalue weighted by atomic mass is 35.5. The normalized spacial score (nSPS) is 23.7. The molecule has 0 radical (unpaired) electrons. The molecule has 1 saturated heterocycles. The van der Waals surface area contributed by atoms with E-state index in [9.17, 15) is 5.11 Å². The predicted molar refractivity (Wildman–Crippen MR) is 89.8 cm³/mol. The second-order valence-electron chi connectivity index (χ2n) is 5.92. The SMILES string of the molecule is O[C@H]1CO[C@H](Cn2cc(CCCCl)nn2)[C@H]1OCc1ccccc1. The van der Waals surface area contributed by atoms with Crippen LogP contribution in [-0.2, 0) is 29.0 Å². The quantitative estimate of drug-likeness (QED) is 0.734. The van der Waals surface area contributed by atoms with E-state index in [2.05, 4.69) is 10.3 Å². The smallest absolute Gasteiger partial charge is 0.114 e. The van der Waals surface area contributed by atoms with Crippen molar-refractivity contribution in [3.8, 4) is 0 Å². The van der Waals surface area contributed by atoms with Gasteiger partial charge >= 0.3 is 0 Å². The maximum Gasteiger partial charge on any atom is 0.114 e. The lowest BCUT2D eigenvalue weighted by molar-refractivity contribution is -0.0513. The maximum atomic E-state index is 10.1.